The first-order chi connectivity index (χ1) is 12.5. The SMILES string of the molecule is CCC#CCOc1cc(N)c(Cl)cc1C(=O)NC1CC2CCC(C1)N2C.Cl. The number of carbonyl (C=O) groups excluding carboxylic acids is 1. The van der Waals surface area contributed by atoms with Crippen LogP contribution in [0.2, 0.25) is 5.02 Å². The number of carbonyl (C=O) groups is 1. The van der Waals surface area contributed by atoms with Gasteiger partial charge in [0.2, 0.25) is 0 Å². The maximum absolute atomic E-state index is 12.9. The van der Waals surface area contributed by atoms with Gasteiger partial charge in [0.15, 0.2) is 0 Å². The van der Waals surface area contributed by atoms with Gasteiger partial charge < -0.3 is 20.7 Å². The van der Waals surface area contributed by atoms with E-state index >= 15 is 0 Å². The fourth-order valence-electron chi connectivity index (χ4n) is 3.95. The molecule has 27 heavy (non-hydrogen) atoms. The molecule has 1 amide bonds. The topological polar surface area (TPSA) is 67.6 Å². The van der Waals surface area contributed by atoms with E-state index in [0.29, 0.717) is 34.1 Å². The first-order valence-corrected chi connectivity index (χ1v) is 9.57. The van der Waals surface area contributed by atoms with Gasteiger partial charge in [0, 0.05) is 30.6 Å². The molecule has 3 N–H and O–H groups in total. The summed E-state index contributed by atoms with van der Waals surface area (Å²) in [5.41, 5.74) is 6.68. The third-order valence-electron chi connectivity index (χ3n) is 5.38. The largest absolute Gasteiger partial charge is 0.480 e. The monoisotopic (exact) mass is 411 g/mol. The van der Waals surface area contributed by atoms with Crippen LogP contribution in [0.5, 0.6) is 5.75 Å². The van der Waals surface area contributed by atoms with E-state index in [1.165, 1.54) is 12.8 Å². The molecule has 2 atom stereocenters. The molecule has 2 aliphatic rings. The Labute approximate surface area is 172 Å². The first kappa shape index (κ1) is 21.7. The number of ether oxygens (including phenoxy) is 1. The van der Waals surface area contributed by atoms with Gasteiger partial charge in [-0.05, 0) is 38.8 Å². The Kier molecular flexibility index (Phi) is 7.67. The molecule has 0 saturated carbocycles. The predicted octanol–water partition coefficient (Wildman–Crippen LogP) is 3.49. The summed E-state index contributed by atoms with van der Waals surface area (Å²) in [6, 6.07) is 4.49. The molecule has 2 heterocycles. The molecule has 148 valence electrons. The molecule has 0 aliphatic carbocycles. The highest BCUT2D eigenvalue weighted by atomic mass is 35.5. The lowest BCUT2D eigenvalue weighted by Gasteiger charge is -2.36. The molecule has 2 fully saturated rings. The molecule has 0 radical (unpaired) electrons. The average molecular weight is 412 g/mol. The molecular formula is C20H27Cl2N3O2. The number of fused-ring (bicyclic) bond motifs is 2. The Morgan fingerprint density at radius 3 is 2.63 bits per heavy atom. The highest BCUT2D eigenvalue weighted by Gasteiger charge is 2.39. The van der Waals surface area contributed by atoms with E-state index in [0.717, 1.165) is 19.3 Å². The summed E-state index contributed by atoms with van der Waals surface area (Å²) < 4.78 is 5.68. The van der Waals surface area contributed by atoms with Gasteiger partial charge in [-0.25, -0.2) is 0 Å². The Morgan fingerprint density at radius 2 is 2.00 bits per heavy atom. The van der Waals surface area contributed by atoms with Gasteiger partial charge in [-0.2, -0.15) is 0 Å². The van der Waals surface area contributed by atoms with Gasteiger partial charge in [0.25, 0.3) is 5.91 Å². The zero-order valence-corrected chi connectivity index (χ0v) is 17.3. The number of benzene rings is 1. The summed E-state index contributed by atoms with van der Waals surface area (Å²) in [7, 11) is 2.18. The molecular weight excluding hydrogens is 385 g/mol. The van der Waals surface area contributed by atoms with Crippen molar-refractivity contribution in [2.75, 3.05) is 19.4 Å². The number of nitrogens with one attached hydrogen (secondary N) is 1. The molecule has 2 bridgehead atoms. The van der Waals surface area contributed by atoms with E-state index in [1.807, 2.05) is 6.92 Å². The number of halogens is 2. The van der Waals surface area contributed by atoms with Gasteiger partial charge in [0.05, 0.1) is 16.3 Å². The van der Waals surface area contributed by atoms with Crippen LogP contribution in [0.25, 0.3) is 0 Å². The first-order valence-electron chi connectivity index (χ1n) is 9.20. The smallest absolute Gasteiger partial charge is 0.255 e. The number of rotatable bonds is 4. The number of nitrogens with zero attached hydrogens (tertiary/aromatic N) is 1. The minimum atomic E-state index is -0.167. The van der Waals surface area contributed by atoms with Crippen molar-refractivity contribution in [3.8, 4) is 17.6 Å². The quantitative estimate of drug-likeness (QED) is 0.587. The molecule has 2 aliphatic heterocycles. The molecule has 2 saturated heterocycles. The molecule has 0 spiro atoms. The third-order valence-corrected chi connectivity index (χ3v) is 5.71. The van der Waals surface area contributed by atoms with Crippen LogP contribution < -0.4 is 15.8 Å². The van der Waals surface area contributed by atoms with Gasteiger partial charge >= 0.3 is 0 Å². The van der Waals surface area contributed by atoms with Gasteiger partial charge in [-0.1, -0.05) is 24.4 Å². The predicted molar refractivity (Wildman–Crippen MR) is 112 cm³/mol. The van der Waals surface area contributed by atoms with Crippen molar-refractivity contribution in [3.63, 3.8) is 0 Å². The van der Waals surface area contributed by atoms with Gasteiger partial charge in [-0.15, -0.1) is 18.3 Å². The maximum Gasteiger partial charge on any atom is 0.255 e. The summed E-state index contributed by atoms with van der Waals surface area (Å²) in [6.45, 7) is 2.19. The number of hydrogen-bond donors (Lipinski definition) is 2. The van der Waals surface area contributed by atoms with E-state index in [4.69, 9.17) is 22.1 Å². The fourth-order valence-corrected chi connectivity index (χ4v) is 4.11. The zero-order valence-electron chi connectivity index (χ0n) is 15.8. The van der Waals surface area contributed by atoms with Crippen LogP contribution in [-0.4, -0.2) is 42.6 Å². The van der Waals surface area contributed by atoms with Crippen molar-refractivity contribution in [2.45, 2.75) is 57.2 Å². The van der Waals surface area contributed by atoms with Crippen molar-refractivity contribution in [1.82, 2.24) is 10.2 Å². The number of anilines is 1. The average Bonchev–Trinajstić information content (AvgIpc) is 2.82. The minimum Gasteiger partial charge on any atom is -0.480 e. The molecule has 1 aromatic carbocycles. The van der Waals surface area contributed by atoms with E-state index in [1.54, 1.807) is 12.1 Å². The molecule has 7 heteroatoms. The van der Waals surface area contributed by atoms with Crippen LogP contribution in [-0.2, 0) is 0 Å². The summed E-state index contributed by atoms with van der Waals surface area (Å²) in [4.78, 5) is 15.3. The lowest BCUT2D eigenvalue weighted by Crippen LogP contribution is -2.48. The van der Waals surface area contributed by atoms with Crippen LogP contribution in [0.3, 0.4) is 0 Å². The summed E-state index contributed by atoms with van der Waals surface area (Å²) in [5.74, 6) is 6.10. The number of nitrogens with two attached hydrogens (primary N) is 1. The molecule has 2 unspecified atom stereocenters. The Morgan fingerprint density at radius 1 is 1.33 bits per heavy atom. The molecule has 0 aromatic heterocycles. The fraction of sp³-hybridized carbons (Fsp3) is 0.550. The van der Waals surface area contributed by atoms with Crippen LogP contribution in [0.1, 0.15) is 49.4 Å². The molecule has 3 rings (SSSR count). The highest BCUT2D eigenvalue weighted by molar-refractivity contribution is 6.33. The van der Waals surface area contributed by atoms with Crippen LogP contribution >= 0.6 is 24.0 Å². The van der Waals surface area contributed by atoms with Crippen LogP contribution in [0.15, 0.2) is 12.1 Å². The number of piperidine rings is 1. The van der Waals surface area contributed by atoms with Gasteiger partial charge in [-0.3, -0.25) is 4.79 Å². The molecule has 1 aromatic rings. The highest BCUT2D eigenvalue weighted by Crippen LogP contribution is 2.35. The second-order valence-corrected chi connectivity index (χ2v) is 7.47. The van der Waals surface area contributed by atoms with E-state index in [9.17, 15) is 4.79 Å². The zero-order chi connectivity index (χ0) is 18.7. The lowest BCUT2D eigenvalue weighted by atomic mass is 9.97. The normalized spacial score (nSPS) is 23.7. The van der Waals surface area contributed by atoms with Crippen molar-refractivity contribution < 1.29 is 9.53 Å². The summed E-state index contributed by atoms with van der Waals surface area (Å²) in [5, 5.41) is 3.52. The van der Waals surface area contributed by atoms with Crippen LogP contribution in [0, 0.1) is 11.8 Å². The number of nitrogen functional groups attached to an aromatic ring is 1. The van der Waals surface area contributed by atoms with Crippen molar-refractivity contribution in [3.05, 3.63) is 22.7 Å². The van der Waals surface area contributed by atoms with Crippen molar-refractivity contribution in [2.24, 2.45) is 0 Å². The minimum absolute atomic E-state index is 0. The van der Waals surface area contributed by atoms with Crippen molar-refractivity contribution in [1.29, 1.82) is 0 Å². The Balaban J connectivity index is 0.00000261. The number of hydrogen-bond acceptors (Lipinski definition) is 4. The maximum atomic E-state index is 12.9. The second-order valence-electron chi connectivity index (χ2n) is 7.06. The third kappa shape index (κ3) is 5.01. The van der Waals surface area contributed by atoms with Crippen LogP contribution in [0.4, 0.5) is 5.69 Å². The summed E-state index contributed by atoms with van der Waals surface area (Å²) in [6.07, 6.45) is 5.16. The lowest BCUT2D eigenvalue weighted by molar-refractivity contribution is 0.0879. The van der Waals surface area contributed by atoms with Gasteiger partial charge in [0.1, 0.15) is 12.4 Å². The second kappa shape index (κ2) is 9.54. The number of amides is 1. The summed E-state index contributed by atoms with van der Waals surface area (Å²) >= 11 is 6.14. The van der Waals surface area contributed by atoms with Crippen molar-refractivity contribution >= 4 is 35.6 Å². The standard InChI is InChI=1S/C20H26ClN3O2.ClH/c1-3-4-5-8-26-19-12-18(22)17(21)11-16(19)20(25)23-13-9-14-6-7-15(10-13)24(14)2;/h11-15H,3,6-10,22H2,1-2H3,(H,23,25);1H. The van der Waals surface area contributed by atoms with E-state index < -0.39 is 0 Å². The Hall–Kier alpha value is -1.61. The molecule has 5 nitrogen and oxygen atoms in total. The Bertz CT molecular complexity index is 731. The van der Waals surface area contributed by atoms with E-state index in [2.05, 4.69) is 29.1 Å². The van der Waals surface area contributed by atoms with E-state index in [-0.39, 0.29) is 31.0 Å².